The molecule has 1 aromatic heterocycles. The second kappa shape index (κ2) is 2.66. The summed E-state index contributed by atoms with van der Waals surface area (Å²) in [5.74, 6) is 1.14. The third-order valence-electron chi connectivity index (χ3n) is 2.12. The second-order valence-corrected chi connectivity index (χ2v) is 2.96. The van der Waals surface area contributed by atoms with Crippen molar-refractivity contribution >= 4 is 0 Å². The molecule has 0 amide bonds. The van der Waals surface area contributed by atoms with E-state index in [9.17, 15) is 0 Å². The Morgan fingerprint density at radius 2 is 2.45 bits per heavy atom. The minimum atomic E-state index is 0.0694. The summed E-state index contributed by atoms with van der Waals surface area (Å²) in [6.07, 6.45) is 5.50. The number of hydrogen-bond donors (Lipinski definition) is 1. The van der Waals surface area contributed by atoms with Crippen LogP contribution in [0.3, 0.4) is 0 Å². The Labute approximate surface area is 65.7 Å². The van der Waals surface area contributed by atoms with E-state index in [1.807, 2.05) is 6.20 Å². The molecule has 2 rings (SSSR count). The van der Waals surface area contributed by atoms with Gasteiger partial charge in [-0.05, 0) is 12.8 Å². The van der Waals surface area contributed by atoms with Crippen molar-refractivity contribution < 1.29 is 5.11 Å². The van der Waals surface area contributed by atoms with Gasteiger partial charge in [0, 0.05) is 19.2 Å². The minimum absolute atomic E-state index is 0.0694. The van der Waals surface area contributed by atoms with Crippen molar-refractivity contribution in [1.82, 2.24) is 9.55 Å². The molecule has 1 aliphatic heterocycles. The van der Waals surface area contributed by atoms with Crippen LogP contribution in [-0.2, 0) is 19.6 Å². The molecular formula is C8H12N2O. The Balaban J connectivity index is 2.32. The summed E-state index contributed by atoms with van der Waals surface area (Å²) in [6.45, 7) is 1.14. The summed E-state index contributed by atoms with van der Waals surface area (Å²) >= 11 is 0. The minimum Gasteiger partial charge on any atom is -0.390 e. The van der Waals surface area contributed by atoms with Crippen molar-refractivity contribution in [2.75, 3.05) is 0 Å². The first-order chi connectivity index (χ1) is 5.40. The zero-order valence-electron chi connectivity index (χ0n) is 6.45. The van der Waals surface area contributed by atoms with Crippen LogP contribution in [0.1, 0.15) is 24.4 Å². The van der Waals surface area contributed by atoms with E-state index in [0.717, 1.165) is 24.5 Å². The third kappa shape index (κ3) is 1.16. The predicted octanol–water partition coefficient (Wildman–Crippen LogP) is 0.712. The van der Waals surface area contributed by atoms with Crippen LogP contribution in [0.2, 0.25) is 0 Å². The fourth-order valence-electron chi connectivity index (χ4n) is 1.55. The summed E-state index contributed by atoms with van der Waals surface area (Å²) in [6, 6.07) is 0. The zero-order valence-corrected chi connectivity index (χ0v) is 6.45. The van der Waals surface area contributed by atoms with Gasteiger partial charge in [0.2, 0.25) is 0 Å². The number of rotatable bonds is 1. The molecule has 1 aliphatic rings. The monoisotopic (exact) mass is 152 g/mol. The fraction of sp³-hybridized carbons (Fsp3) is 0.625. The van der Waals surface area contributed by atoms with E-state index >= 15 is 0 Å². The van der Waals surface area contributed by atoms with Crippen molar-refractivity contribution in [2.45, 2.75) is 32.4 Å². The molecule has 11 heavy (non-hydrogen) atoms. The van der Waals surface area contributed by atoms with Gasteiger partial charge in [0.25, 0.3) is 0 Å². The van der Waals surface area contributed by atoms with Crippen molar-refractivity contribution in [2.24, 2.45) is 0 Å². The summed E-state index contributed by atoms with van der Waals surface area (Å²) in [5, 5.41) is 8.81. The van der Waals surface area contributed by atoms with Crippen LogP contribution < -0.4 is 0 Å². The number of aryl methyl sites for hydroxylation is 2. The molecule has 60 valence electrons. The Kier molecular flexibility index (Phi) is 1.66. The molecule has 0 saturated carbocycles. The van der Waals surface area contributed by atoms with Crippen LogP contribution in [0.5, 0.6) is 0 Å². The molecule has 0 fully saturated rings. The van der Waals surface area contributed by atoms with Gasteiger partial charge in [0.15, 0.2) is 0 Å². The molecule has 0 bridgehead atoms. The maximum Gasteiger partial charge on any atom is 0.109 e. The molecule has 0 saturated heterocycles. The highest BCUT2D eigenvalue weighted by Gasteiger charge is 2.10. The predicted molar refractivity (Wildman–Crippen MR) is 41.1 cm³/mol. The number of aliphatic hydroxyl groups excluding tert-OH is 1. The first-order valence-electron chi connectivity index (χ1n) is 4.06. The Morgan fingerprint density at radius 3 is 3.18 bits per heavy atom. The van der Waals surface area contributed by atoms with Crippen LogP contribution in [0.25, 0.3) is 0 Å². The lowest BCUT2D eigenvalue weighted by molar-refractivity contribution is 0.277. The standard InChI is InChI=1S/C8H12N2O/c11-6-7-5-10-4-2-1-3-8(10)9-7/h5,11H,1-4,6H2. The van der Waals surface area contributed by atoms with E-state index in [0.29, 0.717) is 0 Å². The lowest BCUT2D eigenvalue weighted by Gasteiger charge is -2.11. The van der Waals surface area contributed by atoms with Gasteiger partial charge < -0.3 is 9.67 Å². The average molecular weight is 152 g/mol. The lowest BCUT2D eigenvalue weighted by Crippen LogP contribution is -2.08. The maximum atomic E-state index is 8.81. The molecule has 3 nitrogen and oxygen atoms in total. The quantitative estimate of drug-likeness (QED) is 0.643. The van der Waals surface area contributed by atoms with Crippen LogP contribution in [0, 0.1) is 0 Å². The van der Waals surface area contributed by atoms with Gasteiger partial charge in [-0.3, -0.25) is 0 Å². The topological polar surface area (TPSA) is 38.0 Å². The third-order valence-corrected chi connectivity index (χ3v) is 2.12. The number of fused-ring (bicyclic) bond motifs is 1. The van der Waals surface area contributed by atoms with Gasteiger partial charge in [0.05, 0.1) is 12.3 Å². The second-order valence-electron chi connectivity index (χ2n) is 2.96. The molecule has 0 spiro atoms. The summed E-state index contributed by atoms with van der Waals surface area (Å²) in [5.41, 5.74) is 0.807. The van der Waals surface area contributed by atoms with Gasteiger partial charge in [0.1, 0.15) is 5.82 Å². The number of imidazole rings is 1. The number of aromatic nitrogens is 2. The van der Waals surface area contributed by atoms with Crippen LogP contribution in [-0.4, -0.2) is 14.7 Å². The van der Waals surface area contributed by atoms with E-state index < -0.39 is 0 Å². The molecule has 0 radical (unpaired) electrons. The number of hydrogen-bond acceptors (Lipinski definition) is 2. The first kappa shape index (κ1) is 6.85. The van der Waals surface area contributed by atoms with Crippen molar-refractivity contribution in [1.29, 1.82) is 0 Å². The molecule has 2 heterocycles. The molecule has 0 atom stereocenters. The zero-order chi connectivity index (χ0) is 7.68. The van der Waals surface area contributed by atoms with Crippen LogP contribution in [0.15, 0.2) is 6.20 Å². The van der Waals surface area contributed by atoms with E-state index in [1.165, 1.54) is 12.8 Å². The molecule has 1 aromatic rings. The average Bonchev–Trinajstić information content (AvgIpc) is 2.46. The highest BCUT2D eigenvalue weighted by molar-refractivity contribution is 5.04. The first-order valence-corrected chi connectivity index (χ1v) is 4.06. The van der Waals surface area contributed by atoms with Gasteiger partial charge in [-0.2, -0.15) is 0 Å². The molecular weight excluding hydrogens is 140 g/mol. The number of nitrogens with zero attached hydrogens (tertiary/aromatic N) is 2. The van der Waals surface area contributed by atoms with Gasteiger partial charge >= 0.3 is 0 Å². The highest BCUT2D eigenvalue weighted by atomic mass is 16.3. The summed E-state index contributed by atoms with van der Waals surface area (Å²) < 4.78 is 2.15. The van der Waals surface area contributed by atoms with E-state index in [-0.39, 0.29) is 6.61 Å². The van der Waals surface area contributed by atoms with Crippen molar-refractivity contribution in [3.05, 3.63) is 17.7 Å². The summed E-state index contributed by atoms with van der Waals surface area (Å²) in [4.78, 5) is 4.28. The normalized spacial score (nSPS) is 16.5. The van der Waals surface area contributed by atoms with Crippen molar-refractivity contribution in [3.63, 3.8) is 0 Å². The smallest absolute Gasteiger partial charge is 0.109 e. The largest absolute Gasteiger partial charge is 0.390 e. The maximum absolute atomic E-state index is 8.81. The van der Waals surface area contributed by atoms with E-state index in [2.05, 4.69) is 9.55 Å². The Bertz CT molecular complexity index is 231. The van der Waals surface area contributed by atoms with Crippen molar-refractivity contribution in [3.8, 4) is 0 Å². The van der Waals surface area contributed by atoms with Crippen LogP contribution in [0.4, 0.5) is 0 Å². The van der Waals surface area contributed by atoms with Crippen LogP contribution >= 0.6 is 0 Å². The molecule has 0 aromatic carbocycles. The Morgan fingerprint density at radius 1 is 1.55 bits per heavy atom. The lowest BCUT2D eigenvalue weighted by atomic mass is 10.2. The fourth-order valence-corrected chi connectivity index (χ4v) is 1.55. The van der Waals surface area contributed by atoms with E-state index in [4.69, 9.17) is 5.11 Å². The van der Waals surface area contributed by atoms with Gasteiger partial charge in [-0.25, -0.2) is 4.98 Å². The Hall–Kier alpha value is -0.830. The molecule has 0 aliphatic carbocycles. The van der Waals surface area contributed by atoms with E-state index in [1.54, 1.807) is 0 Å². The molecule has 1 N–H and O–H groups in total. The highest BCUT2D eigenvalue weighted by Crippen LogP contribution is 2.14. The summed E-state index contributed by atoms with van der Waals surface area (Å²) in [7, 11) is 0. The van der Waals surface area contributed by atoms with Gasteiger partial charge in [-0.15, -0.1) is 0 Å². The number of aliphatic hydroxyl groups is 1. The molecule has 0 unspecified atom stereocenters. The SMILES string of the molecule is OCc1cn2c(n1)CCCC2. The molecule has 3 heteroatoms. The van der Waals surface area contributed by atoms with Gasteiger partial charge in [-0.1, -0.05) is 0 Å².